The molecule has 0 aromatic heterocycles. The van der Waals surface area contributed by atoms with Gasteiger partial charge < -0.3 is 9.80 Å². The van der Waals surface area contributed by atoms with Gasteiger partial charge in [-0.1, -0.05) is 41.5 Å². The second-order valence-corrected chi connectivity index (χ2v) is 8.09. The van der Waals surface area contributed by atoms with Crippen LogP contribution in [0.2, 0.25) is 0 Å². The summed E-state index contributed by atoms with van der Waals surface area (Å²) in [7, 11) is 1.86. The van der Waals surface area contributed by atoms with Crippen LogP contribution in [0.4, 0.5) is 0 Å². The maximum atomic E-state index is 13.0. The molecule has 0 saturated carbocycles. The Balaban J connectivity index is 1.67. The number of nitrogens with zero attached hydrogens (tertiary/aromatic N) is 2. The number of aryl methyl sites for hydroxylation is 3. The van der Waals surface area contributed by atoms with E-state index in [9.17, 15) is 9.59 Å². The molecule has 0 aliphatic carbocycles. The highest BCUT2D eigenvalue weighted by Crippen LogP contribution is 2.22. The van der Waals surface area contributed by atoms with Crippen LogP contribution in [0.15, 0.2) is 42.5 Å². The molecule has 2 aromatic carbocycles. The van der Waals surface area contributed by atoms with E-state index < -0.39 is 0 Å². The molecular weight excluding hydrogens is 348 g/mol. The van der Waals surface area contributed by atoms with Crippen LogP contribution >= 0.6 is 0 Å². The van der Waals surface area contributed by atoms with Gasteiger partial charge in [-0.25, -0.2) is 0 Å². The first-order valence-corrected chi connectivity index (χ1v) is 10.0. The number of carbonyl (C=O) groups excluding carboxylic acids is 2. The summed E-state index contributed by atoms with van der Waals surface area (Å²) in [6.07, 6.45) is 1.71. The van der Waals surface area contributed by atoms with Crippen molar-refractivity contribution in [1.29, 1.82) is 0 Å². The lowest BCUT2D eigenvalue weighted by Gasteiger charge is -2.34. The Labute approximate surface area is 168 Å². The highest BCUT2D eigenvalue weighted by molar-refractivity contribution is 5.95. The summed E-state index contributed by atoms with van der Waals surface area (Å²) in [5, 5.41) is 0. The molecule has 1 aliphatic heterocycles. The van der Waals surface area contributed by atoms with Crippen molar-refractivity contribution in [3.05, 3.63) is 70.3 Å². The SMILES string of the molecule is Cc1cc(C)cc(C(=O)N2CCCC(C(=O)N(C)Cc3ccccc3C)C2)c1. The molecule has 0 spiro atoms. The average molecular weight is 379 g/mol. The molecule has 2 aromatic rings. The van der Waals surface area contributed by atoms with Crippen LogP contribution in [0.1, 0.15) is 45.5 Å². The zero-order valence-corrected chi connectivity index (χ0v) is 17.4. The summed E-state index contributed by atoms with van der Waals surface area (Å²) in [6, 6.07) is 14.1. The van der Waals surface area contributed by atoms with Gasteiger partial charge in [0.15, 0.2) is 0 Å². The van der Waals surface area contributed by atoms with Gasteiger partial charge in [0.05, 0.1) is 5.92 Å². The molecule has 2 amide bonds. The van der Waals surface area contributed by atoms with Crippen molar-refractivity contribution in [3.63, 3.8) is 0 Å². The van der Waals surface area contributed by atoms with Gasteiger partial charge in [0, 0.05) is 32.2 Å². The van der Waals surface area contributed by atoms with Crippen LogP contribution in [0.3, 0.4) is 0 Å². The summed E-state index contributed by atoms with van der Waals surface area (Å²) < 4.78 is 0. The van der Waals surface area contributed by atoms with Crippen molar-refractivity contribution in [2.75, 3.05) is 20.1 Å². The van der Waals surface area contributed by atoms with E-state index in [0.29, 0.717) is 13.1 Å². The normalized spacial score (nSPS) is 16.7. The van der Waals surface area contributed by atoms with Gasteiger partial charge in [0.25, 0.3) is 5.91 Å². The van der Waals surface area contributed by atoms with E-state index in [-0.39, 0.29) is 17.7 Å². The minimum atomic E-state index is -0.127. The van der Waals surface area contributed by atoms with Gasteiger partial charge in [-0.15, -0.1) is 0 Å². The molecule has 1 atom stereocenters. The summed E-state index contributed by atoms with van der Waals surface area (Å²) in [4.78, 5) is 29.6. The standard InChI is InChI=1S/C24H30N2O2/c1-17-12-18(2)14-22(13-17)24(28)26-11-7-10-21(16-26)23(27)25(4)15-20-9-6-5-8-19(20)3/h5-6,8-9,12-14,21H,7,10-11,15-16H2,1-4H3. The van der Waals surface area contributed by atoms with Crippen LogP contribution in [0.5, 0.6) is 0 Å². The van der Waals surface area contributed by atoms with E-state index in [0.717, 1.165) is 41.6 Å². The fourth-order valence-corrected chi connectivity index (χ4v) is 4.08. The zero-order valence-electron chi connectivity index (χ0n) is 17.4. The second kappa shape index (κ2) is 8.59. The summed E-state index contributed by atoms with van der Waals surface area (Å²) in [5.41, 5.74) is 5.26. The van der Waals surface area contributed by atoms with Crippen LogP contribution in [0, 0.1) is 26.7 Å². The monoisotopic (exact) mass is 378 g/mol. The number of hydrogen-bond acceptors (Lipinski definition) is 2. The van der Waals surface area contributed by atoms with Crippen molar-refractivity contribution in [2.45, 2.75) is 40.2 Å². The van der Waals surface area contributed by atoms with Gasteiger partial charge in [0.2, 0.25) is 5.91 Å². The number of amides is 2. The molecule has 0 bridgehead atoms. The second-order valence-electron chi connectivity index (χ2n) is 8.09. The van der Waals surface area contributed by atoms with Crippen molar-refractivity contribution in [2.24, 2.45) is 5.92 Å². The Kier molecular flexibility index (Phi) is 6.18. The van der Waals surface area contributed by atoms with Gasteiger partial charge in [-0.05, 0) is 56.9 Å². The molecular formula is C24H30N2O2. The Morgan fingerprint density at radius 3 is 2.43 bits per heavy atom. The fraction of sp³-hybridized carbons (Fsp3) is 0.417. The first-order chi connectivity index (χ1) is 13.3. The van der Waals surface area contributed by atoms with Gasteiger partial charge >= 0.3 is 0 Å². The van der Waals surface area contributed by atoms with Crippen molar-refractivity contribution >= 4 is 11.8 Å². The lowest BCUT2D eigenvalue weighted by atomic mass is 9.95. The lowest BCUT2D eigenvalue weighted by molar-refractivity contribution is -0.136. The Morgan fingerprint density at radius 1 is 1.07 bits per heavy atom. The molecule has 4 heteroatoms. The van der Waals surface area contributed by atoms with Crippen molar-refractivity contribution in [3.8, 4) is 0 Å². The lowest BCUT2D eigenvalue weighted by Crippen LogP contribution is -2.45. The molecule has 0 N–H and O–H groups in total. The molecule has 1 aliphatic rings. The largest absolute Gasteiger partial charge is 0.341 e. The smallest absolute Gasteiger partial charge is 0.253 e. The Morgan fingerprint density at radius 2 is 1.75 bits per heavy atom. The molecule has 28 heavy (non-hydrogen) atoms. The number of carbonyl (C=O) groups is 2. The third-order valence-electron chi connectivity index (χ3n) is 5.57. The van der Waals surface area contributed by atoms with E-state index in [2.05, 4.69) is 25.1 Å². The maximum Gasteiger partial charge on any atom is 0.253 e. The van der Waals surface area contributed by atoms with Crippen LogP contribution < -0.4 is 0 Å². The van der Waals surface area contributed by atoms with Gasteiger partial charge in [0.1, 0.15) is 0 Å². The molecule has 1 saturated heterocycles. The molecule has 0 radical (unpaired) electrons. The minimum Gasteiger partial charge on any atom is -0.341 e. The molecule has 1 fully saturated rings. The predicted octanol–water partition coefficient (Wildman–Crippen LogP) is 4.12. The fourth-order valence-electron chi connectivity index (χ4n) is 4.08. The highest BCUT2D eigenvalue weighted by atomic mass is 16.2. The van der Waals surface area contributed by atoms with E-state index in [4.69, 9.17) is 0 Å². The maximum absolute atomic E-state index is 13.0. The van der Waals surface area contributed by atoms with Crippen LogP contribution in [-0.2, 0) is 11.3 Å². The van der Waals surface area contributed by atoms with E-state index >= 15 is 0 Å². The van der Waals surface area contributed by atoms with Gasteiger partial charge in [-0.2, -0.15) is 0 Å². The first kappa shape index (κ1) is 20.1. The quantitative estimate of drug-likeness (QED) is 0.803. The summed E-state index contributed by atoms with van der Waals surface area (Å²) in [5.74, 6) is 0.0321. The van der Waals surface area contributed by atoms with Crippen molar-refractivity contribution in [1.82, 2.24) is 9.80 Å². The number of rotatable bonds is 4. The minimum absolute atomic E-state index is 0.0332. The van der Waals surface area contributed by atoms with E-state index in [1.54, 1.807) is 4.90 Å². The number of piperidine rings is 1. The highest BCUT2D eigenvalue weighted by Gasteiger charge is 2.30. The Bertz CT molecular complexity index is 854. The Hall–Kier alpha value is -2.62. The average Bonchev–Trinajstić information content (AvgIpc) is 2.68. The van der Waals surface area contributed by atoms with Crippen molar-refractivity contribution < 1.29 is 9.59 Å². The summed E-state index contributed by atoms with van der Waals surface area (Å²) in [6.45, 7) is 7.91. The number of likely N-dealkylation sites (tertiary alicyclic amines) is 1. The van der Waals surface area contributed by atoms with Crippen LogP contribution in [-0.4, -0.2) is 41.8 Å². The zero-order chi connectivity index (χ0) is 20.3. The molecule has 148 valence electrons. The number of hydrogen-bond donors (Lipinski definition) is 0. The van der Waals surface area contributed by atoms with E-state index in [1.807, 2.05) is 50.1 Å². The molecule has 1 heterocycles. The van der Waals surface area contributed by atoms with E-state index in [1.165, 1.54) is 5.56 Å². The predicted molar refractivity (Wildman–Crippen MR) is 112 cm³/mol. The first-order valence-electron chi connectivity index (χ1n) is 10.0. The molecule has 1 unspecified atom stereocenters. The third-order valence-corrected chi connectivity index (χ3v) is 5.57. The topological polar surface area (TPSA) is 40.6 Å². The van der Waals surface area contributed by atoms with Crippen LogP contribution in [0.25, 0.3) is 0 Å². The third kappa shape index (κ3) is 4.61. The summed E-state index contributed by atoms with van der Waals surface area (Å²) >= 11 is 0. The number of benzene rings is 2. The molecule has 4 nitrogen and oxygen atoms in total. The van der Waals surface area contributed by atoms with Gasteiger partial charge in [-0.3, -0.25) is 9.59 Å². The molecule has 3 rings (SSSR count).